The maximum absolute atomic E-state index is 12.9. The van der Waals surface area contributed by atoms with Crippen molar-refractivity contribution in [1.82, 2.24) is 10.3 Å². The number of rotatable bonds is 4. The predicted octanol–water partition coefficient (Wildman–Crippen LogP) is 4.69. The van der Waals surface area contributed by atoms with E-state index >= 15 is 0 Å². The Morgan fingerprint density at radius 1 is 1.03 bits per heavy atom. The van der Waals surface area contributed by atoms with Crippen LogP contribution in [0.1, 0.15) is 28.8 Å². The van der Waals surface area contributed by atoms with Crippen LogP contribution in [0.4, 0.5) is 5.69 Å². The van der Waals surface area contributed by atoms with E-state index < -0.39 is 0 Å². The Balaban J connectivity index is 1.40. The van der Waals surface area contributed by atoms with Crippen LogP contribution in [-0.2, 0) is 6.54 Å². The molecule has 0 spiro atoms. The van der Waals surface area contributed by atoms with Gasteiger partial charge in [0.05, 0.1) is 23.3 Å². The van der Waals surface area contributed by atoms with E-state index in [0.29, 0.717) is 17.1 Å². The Morgan fingerprint density at radius 3 is 2.70 bits per heavy atom. The Bertz CT molecular complexity index is 1100. The lowest BCUT2D eigenvalue weighted by Gasteiger charge is -2.23. The summed E-state index contributed by atoms with van der Waals surface area (Å²) in [5, 5.41) is 3.85. The highest BCUT2D eigenvalue weighted by molar-refractivity contribution is 6.35. The third kappa shape index (κ3) is 3.66. The van der Waals surface area contributed by atoms with Gasteiger partial charge in [-0.2, -0.15) is 0 Å². The van der Waals surface area contributed by atoms with Gasteiger partial charge < -0.3 is 15.0 Å². The summed E-state index contributed by atoms with van der Waals surface area (Å²) >= 11 is 6.27. The number of benzene rings is 2. The summed E-state index contributed by atoms with van der Waals surface area (Å²) in [6.45, 7) is 2.49. The lowest BCUT2D eigenvalue weighted by Crippen LogP contribution is -2.34. The van der Waals surface area contributed by atoms with Crippen LogP contribution in [0.2, 0.25) is 5.02 Å². The number of hydrogen-bond donors (Lipinski definition) is 1. The van der Waals surface area contributed by atoms with Gasteiger partial charge in [0.15, 0.2) is 0 Å². The first-order valence-corrected chi connectivity index (χ1v) is 10.6. The van der Waals surface area contributed by atoms with Crippen LogP contribution in [0.15, 0.2) is 60.9 Å². The molecule has 1 fully saturated rings. The van der Waals surface area contributed by atoms with E-state index in [-0.39, 0.29) is 12.0 Å². The fourth-order valence-corrected chi connectivity index (χ4v) is 4.40. The van der Waals surface area contributed by atoms with Crippen LogP contribution in [0.3, 0.4) is 0 Å². The van der Waals surface area contributed by atoms with E-state index in [4.69, 9.17) is 16.3 Å². The molecule has 0 atom stereocenters. The van der Waals surface area contributed by atoms with Crippen LogP contribution in [0.5, 0.6) is 5.75 Å². The van der Waals surface area contributed by atoms with Gasteiger partial charge in [0.2, 0.25) is 0 Å². The van der Waals surface area contributed by atoms with Gasteiger partial charge in [0, 0.05) is 17.4 Å². The maximum Gasteiger partial charge on any atom is 0.260 e. The van der Waals surface area contributed by atoms with Crippen molar-refractivity contribution in [1.29, 1.82) is 0 Å². The molecule has 0 radical (unpaired) electrons. The van der Waals surface area contributed by atoms with Gasteiger partial charge in [-0.05, 0) is 61.3 Å². The van der Waals surface area contributed by atoms with Crippen LogP contribution < -0.4 is 15.0 Å². The number of halogens is 1. The molecule has 5 rings (SSSR count). The highest BCUT2D eigenvalue weighted by Crippen LogP contribution is 2.34. The van der Waals surface area contributed by atoms with E-state index in [1.54, 1.807) is 17.2 Å². The van der Waals surface area contributed by atoms with Crippen LogP contribution >= 0.6 is 11.6 Å². The Labute approximate surface area is 180 Å². The fourth-order valence-electron chi connectivity index (χ4n) is 4.13. The molecule has 0 unspecified atom stereocenters. The largest absolute Gasteiger partial charge is 0.489 e. The quantitative estimate of drug-likeness (QED) is 0.666. The summed E-state index contributed by atoms with van der Waals surface area (Å²) in [5.41, 5.74) is 4.35. The molecule has 1 N–H and O–H groups in total. The first-order chi connectivity index (χ1) is 14.7. The van der Waals surface area contributed by atoms with E-state index in [1.807, 2.05) is 48.7 Å². The van der Waals surface area contributed by atoms with Crippen LogP contribution in [0.25, 0.3) is 11.1 Å². The van der Waals surface area contributed by atoms with E-state index in [2.05, 4.69) is 10.3 Å². The van der Waals surface area contributed by atoms with Gasteiger partial charge in [-0.1, -0.05) is 35.9 Å². The zero-order valence-electron chi connectivity index (χ0n) is 16.5. The average molecular weight is 420 g/mol. The van der Waals surface area contributed by atoms with Crippen molar-refractivity contribution in [2.24, 2.45) is 0 Å². The number of ether oxygens (including phenoxy) is 1. The summed E-state index contributed by atoms with van der Waals surface area (Å²) in [7, 11) is 0. The number of hydrogen-bond acceptors (Lipinski definition) is 4. The molecule has 2 aliphatic rings. The molecule has 1 aromatic heterocycles. The van der Waals surface area contributed by atoms with Gasteiger partial charge in [-0.3, -0.25) is 9.78 Å². The van der Waals surface area contributed by atoms with Gasteiger partial charge >= 0.3 is 0 Å². The minimum Gasteiger partial charge on any atom is -0.489 e. The van der Waals surface area contributed by atoms with Gasteiger partial charge in [-0.15, -0.1) is 0 Å². The van der Waals surface area contributed by atoms with Crippen molar-refractivity contribution in [3.05, 3.63) is 77.1 Å². The Hall–Kier alpha value is -2.89. The molecule has 0 bridgehead atoms. The third-order valence-electron chi connectivity index (χ3n) is 5.68. The monoisotopic (exact) mass is 419 g/mol. The zero-order valence-corrected chi connectivity index (χ0v) is 17.2. The minimum atomic E-state index is -0.0612. The van der Waals surface area contributed by atoms with Crippen molar-refractivity contribution >= 4 is 23.2 Å². The molecule has 2 aliphatic heterocycles. The van der Waals surface area contributed by atoms with E-state index in [1.165, 1.54) is 0 Å². The van der Waals surface area contributed by atoms with Gasteiger partial charge in [0.1, 0.15) is 11.9 Å². The van der Waals surface area contributed by atoms with Crippen LogP contribution in [0, 0.1) is 0 Å². The second-order valence-corrected chi connectivity index (χ2v) is 8.10. The molecule has 152 valence electrons. The zero-order chi connectivity index (χ0) is 20.5. The van der Waals surface area contributed by atoms with Crippen LogP contribution in [-0.4, -0.2) is 30.1 Å². The third-order valence-corrected chi connectivity index (χ3v) is 6.00. The SMILES string of the molecule is O=C1c2c(Cl)cccc2CN1c1cccc(-c2cncc(OC3CCNCC3)c2)c1. The van der Waals surface area contributed by atoms with Crippen molar-refractivity contribution in [3.8, 4) is 16.9 Å². The number of carbonyl (C=O) groups excluding carboxylic acids is 1. The molecule has 0 aliphatic carbocycles. The number of amides is 1. The number of fused-ring (bicyclic) bond motifs is 1. The minimum absolute atomic E-state index is 0.0612. The van der Waals surface area contributed by atoms with Crippen molar-refractivity contribution in [2.45, 2.75) is 25.5 Å². The molecule has 2 aromatic carbocycles. The first-order valence-electron chi connectivity index (χ1n) is 10.2. The number of anilines is 1. The second kappa shape index (κ2) is 8.09. The average Bonchev–Trinajstić information content (AvgIpc) is 3.12. The summed E-state index contributed by atoms with van der Waals surface area (Å²) in [5.74, 6) is 0.718. The molecule has 3 aromatic rings. The molecule has 30 heavy (non-hydrogen) atoms. The maximum atomic E-state index is 12.9. The lowest BCUT2D eigenvalue weighted by atomic mass is 10.1. The summed E-state index contributed by atoms with van der Waals surface area (Å²) in [4.78, 5) is 19.1. The summed E-state index contributed by atoms with van der Waals surface area (Å²) < 4.78 is 6.14. The Kier molecular flexibility index (Phi) is 5.15. The number of piperidine rings is 1. The molecule has 3 heterocycles. The number of pyridine rings is 1. The highest BCUT2D eigenvalue weighted by Gasteiger charge is 2.30. The number of aromatic nitrogens is 1. The Morgan fingerprint density at radius 2 is 1.87 bits per heavy atom. The molecule has 1 saturated heterocycles. The van der Waals surface area contributed by atoms with Gasteiger partial charge in [0.25, 0.3) is 5.91 Å². The molecule has 0 saturated carbocycles. The topological polar surface area (TPSA) is 54.5 Å². The number of nitrogens with one attached hydrogen (secondary N) is 1. The summed E-state index contributed by atoms with van der Waals surface area (Å²) in [6.07, 6.45) is 5.81. The number of carbonyl (C=O) groups is 1. The fraction of sp³-hybridized carbons (Fsp3) is 0.250. The molecular weight excluding hydrogens is 398 g/mol. The molecule has 1 amide bonds. The normalized spacial score (nSPS) is 16.6. The van der Waals surface area contributed by atoms with Crippen molar-refractivity contribution in [2.75, 3.05) is 18.0 Å². The van der Waals surface area contributed by atoms with E-state index in [9.17, 15) is 4.79 Å². The van der Waals surface area contributed by atoms with Crippen molar-refractivity contribution in [3.63, 3.8) is 0 Å². The molecule has 6 heteroatoms. The molecular formula is C24H22ClN3O2. The van der Waals surface area contributed by atoms with Gasteiger partial charge in [-0.25, -0.2) is 0 Å². The van der Waals surface area contributed by atoms with Crippen molar-refractivity contribution < 1.29 is 9.53 Å². The standard InChI is InChI=1S/C24H22ClN3O2/c25-22-6-2-4-17-15-28(24(29)23(17)22)19-5-1-3-16(11-19)18-12-21(14-27-13-18)30-20-7-9-26-10-8-20/h1-6,11-14,20,26H,7-10,15H2. The highest BCUT2D eigenvalue weighted by atomic mass is 35.5. The summed E-state index contributed by atoms with van der Waals surface area (Å²) in [6, 6.07) is 15.6. The lowest BCUT2D eigenvalue weighted by molar-refractivity contribution is 0.0996. The molecule has 5 nitrogen and oxygen atoms in total. The second-order valence-electron chi connectivity index (χ2n) is 7.69. The smallest absolute Gasteiger partial charge is 0.260 e. The first kappa shape index (κ1) is 19.1. The predicted molar refractivity (Wildman–Crippen MR) is 118 cm³/mol. The number of nitrogens with zero attached hydrogens (tertiary/aromatic N) is 2. The van der Waals surface area contributed by atoms with E-state index in [0.717, 1.165) is 54.1 Å².